The van der Waals surface area contributed by atoms with E-state index >= 15 is 0 Å². The molecule has 1 aromatic heterocycles. The number of aromatic nitrogens is 1. The van der Waals surface area contributed by atoms with Crippen LogP contribution in [0.2, 0.25) is 0 Å². The van der Waals surface area contributed by atoms with Crippen molar-refractivity contribution in [2.45, 2.75) is 19.8 Å². The lowest BCUT2D eigenvalue weighted by atomic mass is 9.95. The maximum absolute atomic E-state index is 11.1. The molecule has 32 heavy (non-hydrogen) atoms. The van der Waals surface area contributed by atoms with Crippen molar-refractivity contribution in [3.8, 4) is 5.75 Å². The molecule has 4 rings (SSSR count). The molecule has 0 radical (unpaired) electrons. The molecule has 0 amide bonds. The molecule has 0 atom stereocenters. The molecule has 0 bridgehead atoms. The minimum Gasteiger partial charge on any atom is -0.497 e. The smallest absolute Gasteiger partial charge is 0.349 e. The third kappa shape index (κ3) is 4.86. The van der Waals surface area contributed by atoms with E-state index < -0.39 is 7.60 Å². The highest BCUT2D eigenvalue weighted by Crippen LogP contribution is 2.38. The molecular weight excluding hydrogens is 425 g/mol. The second-order valence-electron chi connectivity index (χ2n) is 7.92. The summed E-state index contributed by atoms with van der Waals surface area (Å²) < 4.78 is 16.4. The van der Waals surface area contributed by atoms with Crippen LogP contribution in [-0.4, -0.2) is 28.4 Å². The molecule has 1 aliphatic rings. The number of nitrogens with two attached hydrogens (primary N) is 1. The van der Waals surface area contributed by atoms with Gasteiger partial charge in [0.15, 0.2) is 0 Å². The zero-order chi connectivity index (χ0) is 22.9. The molecule has 0 saturated carbocycles. The molecule has 2 heterocycles. The van der Waals surface area contributed by atoms with Crippen molar-refractivity contribution in [1.29, 1.82) is 0 Å². The lowest BCUT2D eigenvalue weighted by Gasteiger charge is -2.22. The van der Waals surface area contributed by atoms with E-state index in [1.807, 2.05) is 18.2 Å². The van der Waals surface area contributed by atoms with Crippen LogP contribution in [0.1, 0.15) is 28.7 Å². The number of nitrogens with zero attached hydrogens (tertiary/aromatic N) is 1. The molecule has 5 N–H and O–H groups in total. The average molecular weight is 451 g/mol. The first-order valence-corrected chi connectivity index (χ1v) is 12.0. The highest BCUT2D eigenvalue weighted by Gasteiger charge is 2.17. The Morgan fingerprint density at radius 2 is 2.03 bits per heavy atom. The number of hydrogen-bond acceptors (Lipinski definition) is 5. The van der Waals surface area contributed by atoms with Crippen LogP contribution < -0.4 is 15.8 Å². The van der Waals surface area contributed by atoms with Crippen LogP contribution in [0.15, 0.2) is 47.8 Å². The van der Waals surface area contributed by atoms with Gasteiger partial charge < -0.3 is 25.6 Å². The van der Waals surface area contributed by atoms with Crippen molar-refractivity contribution in [3.05, 3.63) is 70.0 Å². The summed E-state index contributed by atoms with van der Waals surface area (Å²) in [6, 6.07) is 11.7. The third-order valence-corrected chi connectivity index (χ3v) is 6.18. The molecule has 0 fully saturated rings. The van der Waals surface area contributed by atoms with Crippen LogP contribution in [-0.2, 0) is 11.0 Å². The zero-order valence-electron chi connectivity index (χ0n) is 18.0. The number of pyridine rings is 1. The number of fused-ring (bicyclic) bond motifs is 3. The summed E-state index contributed by atoms with van der Waals surface area (Å²) in [6.07, 6.45) is 5.41. The van der Waals surface area contributed by atoms with Crippen molar-refractivity contribution in [3.63, 3.8) is 0 Å². The van der Waals surface area contributed by atoms with Crippen molar-refractivity contribution >= 4 is 42.2 Å². The summed E-state index contributed by atoms with van der Waals surface area (Å²) in [5, 5.41) is 4.35. The van der Waals surface area contributed by atoms with E-state index in [2.05, 4.69) is 35.4 Å². The van der Waals surface area contributed by atoms with Crippen molar-refractivity contribution in [2.75, 3.05) is 24.7 Å². The van der Waals surface area contributed by atoms with E-state index in [9.17, 15) is 4.57 Å². The van der Waals surface area contributed by atoms with Gasteiger partial charge in [-0.15, -0.1) is 0 Å². The van der Waals surface area contributed by atoms with Gasteiger partial charge in [-0.05, 0) is 60.7 Å². The maximum Gasteiger partial charge on any atom is 0.349 e. The summed E-state index contributed by atoms with van der Waals surface area (Å²) >= 11 is 0. The molecule has 166 valence electrons. The summed E-state index contributed by atoms with van der Waals surface area (Å²) in [6.45, 7) is 2.81. The molecule has 1 aliphatic heterocycles. The lowest BCUT2D eigenvalue weighted by molar-refractivity contribution is 0.386. The molecule has 8 heteroatoms. The van der Waals surface area contributed by atoms with E-state index in [4.69, 9.17) is 20.3 Å². The molecule has 0 aliphatic carbocycles. The predicted octanol–water partition coefficient (Wildman–Crippen LogP) is 4.72. The number of anilines is 2. The van der Waals surface area contributed by atoms with Gasteiger partial charge in [-0.2, -0.15) is 0 Å². The number of aryl methyl sites for hydroxylation is 2. The first-order valence-electron chi connectivity index (χ1n) is 10.3. The number of methoxy groups -OCH3 is 1. The van der Waals surface area contributed by atoms with Gasteiger partial charge in [0.05, 0.1) is 18.3 Å². The predicted molar refractivity (Wildman–Crippen MR) is 130 cm³/mol. The molecule has 2 aromatic carbocycles. The minimum absolute atomic E-state index is 0.407. The van der Waals surface area contributed by atoms with Crippen LogP contribution in [0.4, 0.5) is 11.5 Å². The number of hydrogen-bond donors (Lipinski definition) is 4. The van der Waals surface area contributed by atoms with Gasteiger partial charge in [0.25, 0.3) is 0 Å². The lowest BCUT2D eigenvalue weighted by Crippen LogP contribution is -2.14. The van der Waals surface area contributed by atoms with E-state index in [0.29, 0.717) is 23.4 Å². The number of benzene rings is 2. The Morgan fingerprint density at radius 1 is 1.22 bits per heavy atom. The Morgan fingerprint density at radius 3 is 2.75 bits per heavy atom. The number of nitrogens with one attached hydrogen (secondary N) is 1. The SMILES string of the molecule is COc1ccc(CCC2=Cc3c(c(N)nc4cc(/C=C/P(=O)(O)O)ccc34)NC2)c(C)c1. The Labute approximate surface area is 186 Å². The average Bonchev–Trinajstić information content (AvgIpc) is 2.76. The first kappa shape index (κ1) is 22.1. The second-order valence-corrected chi connectivity index (χ2v) is 9.39. The Balaban J connectivity index is 1.63. The number of nitrogen functional groups attached to an aromatic ring is 1. The monoisotopic (exact) mass is 451 g/mol. The minimum atomic E-state index is -4.22. The molecule has 7 nitrogen and oxygen atoms in total. The normalized spacial score (nSPS) is 13.7. The third-order valence-electron chi connectivity index (χ3n) is 5.65. The fraction of sp³-hybridized carbons (Fsp3) is 0.208. The van der Waals surface area contributed by atoms with Crippen LogP contribution in [0.25, 0.3) is 23.1 Å². The Hall–Kier alpha value is -3.12. The fourth-order valence-corrected chi connectivity index (χ4v) is 4.30. The van der Waals surface area contributed by atoms with E-state index in [1.54, 1.807) is 13.2 Å². The number of ether oxygens (including phenoxy) is 1. The molecule has 0 saturated heterocycles. The van der Waals surface area contributed by atoms with Gasteiger partial charge in [0.2, 0.25) is 0 Å². The van der Waals surface area contributed by atoms with Crippen molar-refractivity contribution in [2.24, 2.45) is 0 Å². The van der Waals surface area contributed by atoms with Crippen LogP contribution in [0, 0.1) is 6.92 Å². The van der Waals surface area contributed by atoms with Gasteiger partial charge in [-0.25, -0.2) is 4.98 Å². The standard InChI is InChI=1S/C24H26N3O4P/c1-15-11-19(31-2)7-6-18(15)5-3-17-12-21-20-8-4-16(9-10-32(28,29)30)13-22(20)27-24(25)23(21)26-14-17/h4,6-13,26H,3,5,14H2,1-2H3,(H2,25,27)(H2,28,29,30)/b10-9+. The molecular formula is C24H26N3O4P. The van der Waals surface area contributed by atoms with Crippen molar-refractivity contribution in [1.82, 2.24) is 4.98 Å². The summed E-state index contributed by atoms with van der Waals surface area (Å²) in [4.78, 5) is 22.6. The maximum atomic E-state index is 11.1. The van der Waals surface area contributed by atoms with Crippen LogP contribution in [0.5, 0.6) is 5.75 Å². The first-order chi connectivity index (χ1) is 15.2. The van der Waals surface area contributed by atoms with Gasteiger partial charge >= 0.3 is 7.60 Å². The Kier molecular flexibility index (Phi) is 6.07. The zero-order valence-corrected chi connectivity index (χ0v) is 18.9. The molecule has 0 spiro atoms. The van der Waals surface area contributed by atoms with Gasteiger partial charge in [-0.3, -0.25) is 4.57 Å². The topological polar surface area (TPSA) is 118 Å². The largest absolute Gasteiger partial charge is 0.497 e. The second kappa shape index (κ2) is 8.79. The van der Waals surface area contributed by atoms with Crippen LogP contribution in [0.3, 0.4) is 0 Å². The molecule has 0 unspecified atom stereocenters. The number of rotatable bonds is 6. The highest BCUT2D eigenvalue weighted by molar-refractivity contribution is 7.55. The van der Waals surface area contributed by atoms with E-state index in [-0.39, 0.29) is 0 Å². The van der Waals surface area contributed by atoms with E-state index in [0.717, 1.165) is 41.0 Å². The summed E-state index contributed by atoms with van der Waals surface area (Å²) in [7, 11) is -2.55. The summed E-state index contributed by atoms with van der Waals surface area (Å²) in [5.74, 6) is 2.16. The Bertz CT molecular complexity index is 1290. The highest BCUT2D eigenvalue weighted by atomic mass is 31.2. The van der Waals surface area contributed by atoms with Crippen LogP contribution >= 0.6 is 7.60 Å². The quantitative estimate of drug-likeness (QED) is 0.401. The van der Waals surface area contributed by atoms with Gasteiger partial charge in [0, 0.05) is 23.3 Å². The summed E-state index contributed by atoms with van der Waals surface area (Å²) in [5.41, 5.74) is 13.1. The molecule has 3 aromatic rings. The van der Waals surface area contributed by atoms with Gasteiger partial charge in [0.1, 0.15) is 11.6 Å². The fourth-order valence-electron chi connectivity index (χ4n) is 3.94. The van der Waals surface area contributed by atoms with Gasteiger partial charge in [-0.1, -0.05) is 29.8 Å². The van der Waals surface area contributed by atoms with Crippen molar-refractivity contribution < 1.29 is 19.1 Å². The van der Waals surface area contributed by atoms with E-state index in [1.165, 1.54) is 22.8 Å².